The number of fused-ring (bicyclic) bond motifs is 2. The SMILES string of the molecule is CCCCN1C[C@H]2C(=O)NC3(CCN(C(=O)C4(c5cccc(Cl)c5)CC4)CC3)[C@H]2C1. The first-order valence-electron chi connectivity index (χ1n) is 11.6. The molecule has 0 bridgehead atoms. The van der Waals surface area contributed by atoms with Crippen molar-refractivity contribution in [2.24, 2.45) is 11.8 Å². The number of piperidine rings is 1. The van der Waals surface area contributed by atoms with Gasteiger partial charge in [-0.2, -0.15) is 0 Å². The lowest BCUT2D eigenvalue weighted by Crippen LogP contribution is -2.57. The Bertz CT molecular complexity index is 845. The zero-order valence-electron chi connectivity index (χ0n) is 17.8. The quantitative estimate of drug-likeness (QED) is 0.781. The topological polar surface area (TPSA) is 52.7 Å². The maximum Gasteiger partial charge on any atom is 0.233 e. The fourth-order valence-corrected chi connectivity index (χ4v) is 6.34. The van der Waals surface area contributed by atoms with E-state index in [9.17, 15) is 9.59 Å². The molecule has 1 saturated carbocycles. The first-order chi connectivity index (χ1) is 14.5. The van der Waals surface area contributed by atoms with E-state index in [0.29, 0.717) is 10.9 Å². The Labute approximate surface area is 184 Å². The molecule has 1 aromatic rings. The molecule has 0 aromatic heterocycles. The van der Waals surface area contributed by atoms with E-state index < -0.39 is 0 Å². The number of likely N-dealkylation sites (tertiary alicyclic amines) is 2. The number of hydrogen-bond donors (Lipinski definition) is 1. The Morgan fingerprint density at radius 1 is 1.20 bits per heavy atom. The third-order valence-corrected chi connectivity index (χ3v) is 8.36. The predicted molar refractivity (Wildman–Crippen MR) is 117 cm³/mol. The molecule has 1 aliphatic carbocycles. The Morgan fingerprint density at radius 3 is 2.63 bits per heavy atom. The summed E-state index contributed by atoms with van der Waals surface area (Å²) in [6, 6.07) is 7.78. The molecule has 6 heteroatoms. The molecule has 5 nitrogen and oxygen atoms in total. The second kappa shape index (κ2) is 7.52. The summed E-state index contributed by atoms with van der Waals surface area (Å²) in [5, 5.41) is 4.07. The van der Waals surface area contributed by atoms with Crippen molar-refractivity contribution in [3.05, 3.63) is 34.9 Å². The van der Waals surface area contributed by atoms with Crippen LogP contribution in [0.5, 0.6) is 0 Å². The molecular weight excluding hydrogens is 398 g/mol. The minimum Gasteiger partial charge on any atom is -0.350 e. The number of rotatable bonds is 5. The lowest BCUT2D eigenvalue weighted by molar-refractivity contribution is -0.136. The van der Waals surface area contributed by atoms with Gasteiger partial charge in [0.05, 0.1) is 11.3 Å². The smallest absolute Gasteiger partial charge is 0.233 e. The molecule has 0 radical (unpaired) electrons. The number of unbranched alkanes of at least 4 members (excludes halogenated alkanes) is 1. The molecule has 4 aliphatic rings. The fourth-order valence-electron chi connectivity index (χ4n) is 6.15. The highest BCUT2D eigenvalue weighted by Gasteiger charge is 2.59. The van der Waals surface area contributed by atoms with Crippen LogP contribution in [-0.4, -0.2) is 59.9 Å². The molecule has 30 heavy (non-hydrogen) atoms. The number of amides is 2. The minimum absolute atomic E-state index is 0.119. The van der Waals surface area contributed by atoms with Gasteiger partial charge in [-0.25, -0.2) is 0 Å². The number of hydrogen-bond acceptors (Lipinski definition) is 3. The van der Waals surface area contributed by atoms with Gasteiger partial charge < -0.3 is 15.1 Å². The van der Waals surface area contributed by atoms with E-state index in [1.165, 1.54) is 12.8 Å². The summed E-state index contributed by atoms with van der Waals surface area (Å²) < 4.78 is 0. The van der Waals surface area contributed by atoms with Gasteiger partial charge in [-0.3, -0.25) is 9.59 Å². The van der Waals surface area contributed by atoms with Crippen molar-refractivity contribution in [2.45, 2.75) is 56.4 Å². The van der Waals surface area contributed by atoms with Crippen LogP contribution in [-0.2, 0) is 15.0 Å². The van der Waals surface area contributed by atoms with Gasteiger partial charge in [0.15, 0.2) is 0 Å². The van der Waals surface area contributed by atoms with Crippen molar-refractivity contribution in [3.8, 4) is 0 Å². The molecule has 2 atom stereocenters. The van der Waals surface area contributed by atoms with Crippen molar-refractivity contribution in [2.75, 3.05) is 32.7 Å². The zero-order chi connectivity index (χ0) is 20.9. The predicted octanol–water partition coefficient (Wildman–Crippen LogP) is 3.21. The van der Waals surface area contributed by atoms with Crippen LogP contribution >= 0.6 is 11.6 Å². The lowest BCUT2D eigenvalue weighted by Gasteiger charge is -2.43. The Morgan fingerprint density at radius 2 is 1.97 bits per heavy atom. The van der Waals surface area contributed by atoms with Crippen molar-refractivity contribution in [1.29, 1.82) is 0 Å². The average Bonchev–Trinajstić information content (AvgIpc) is 3.38. The van der Waals surface area contributed by atoms with E-state index in [2.05, 4.69) is 17.1 Å². The van der Waals surface area contributed by atoms with Gasteiger partial charge >= 0.3 is 0 Å². The minimum atomic E-state index is -0.374. The summed E-state index contributed by atoms with van der Waals surface area (Å²) in [6.45, 7) is 6.70. The highest BCUT2D eigenvalue weighted by Crippen LogP contribution is 2.51. The second-order valence-electron chi connectivity index (χ2n) is 9.86. The third-order valence-electron chi connectivity index (χ3n) is 8.12. The number of benzene rings is 1. The summed E-state index contributed by atoms with van der Waals surface area (Å²) in [6.07, 6.45) is 5.94. The molecule has 5 rings (SSSR count). The monoisotopic (exact) mass is 429 g/mol. The van der Waals surface area contributed by atoms with Crippen molar-refractivity contribution < 1.29 is 9.59 Å². The molecule has 3 heterocycles. The van der Waals surface area contributed by atoms with E-state index in [1.54, 1.807) is 0 Å². The van der Waals surface area contributed by atoms with E-state index >= 15 is 0 Å². The number of nitrogens with zero attached hydrogens (tertiary/aromatic N) is 2. The highest BCUT2D eigenvalue weighted by atomic mass is 35.5. The summed E-state index contributed by atoms with van der Waals surface area (Å²) in [5.41, 5.74) is 0.560. The van der Waals surface area contributed by atoms with Crippen LogP contribution in [0.2, 0.25) is 5.02 Å². The number of nitrogens with one attached hydrogen (secondary N) is 1. The van der Waals surface area contributed by atoms with Crippen molar-refractivity contribution >= 4 is 23.4 Å². The second-order valence-corrected chi connectivity index (χ2v) is 10.3. The molecule has 4 fully saturated rings. The molecule has 3 aliphatic heterocycles. The number of halogens is 1. The molecule has 3 saturated heterocycles. The van der Waals surface area contributed by atoms with Gasteiger partial charge in [0, 0.05) is 42.7 Å². The Balaban J connectivity index is 1.26. The van der Waals surface area contributed by atoms with Gasteiger partial charge in [-0.05, 0) is 56.3 Å². The summed E-state index contributed by atoms with van der Waals surface area (Å²) in [5.74, 6) is 1.00. The van der Waals surface area contributed by atoms with Crippen LogP contribution in [0, 0.1) is 11.8 Å². The Hall–Kier alpha value is -1.59. The Kier molecular flexibility index (Phi) is 5.10. The molecule has 162 valence electrons. The van der Waals surface area contributed by atoms with Gasteiger partial charge in [-0.1, -0.05) is 37.1 Å². The summed E-state index contributed by atoms with van der Waals surface area (Å²) in [7, 11) is 0. The van der Waals surface area contributed by atoms with E-state index in [0.717, 1.165) is 64.0 Å². The first kappa shape index (κ1) is 20.3. The zero-order valence-corrected chi connectivity index (χ0v) is 18.6. The largest absolute Gasteiger partial charge is 0.350 e. The summed E-state index contributed by atoms with van der Waals surface area (Å²) in [4.78, 5) is 30.7. The van der Waals surface area contributed by atoms with Crippen molar-refractivity contribution in [3.63, 3.8) is 0 Å². The fraction of sp³-hybridized carbons (Fsp3) is 0.667. The van der Waals surface area contributed by atoms with Crippen LogP contribution in [0.25, 0.3) is 0 Å². The number of carbonyl (C=O) groups is 2. The maximum atomic E-state index is 13.4. The van der Waals surface area contributed by atoms with Gasteiger partial charge in [0.25, 0.3) is 0 Å². The van der Waals surface area contributed by atoms with Crippen LogP contribution in [0.1, 0.15) is 51.0 Å². The van der Waals surface area contributed by atoms with Crippen LogP contribution in [0.4, 0.5) is 0 Å². The highest BCUT2D eigenvalue weighted by molar-refractivity contribution is 6.30. The first-order valence-corrected chi connectivity index (χ1v) is 11.9. The molecule has 2 amide bonds. The lowest BCUT2D eigenvalue weighted by atomic mass is 9.75. The van der Waals surface area contributed by atoms with Crippen LogP contribution in [0.15, 0.2) is 24.3 Å². The van der Waals surface area contributed by atoms with Crippen LogP contribution in [0.3, 0.4) is 0 Å². The van der Waals surface area contributed by atoms with E-state index in [-0.39, 0.29) is 28.7 Å². The van der Waals surface area contributed by atoms with Gasteiger partial charge in [0.2, 0.25) is 11.8 Å². The molecule has 1 N–H and O–H groups in total. The maximum absolute atomic E-state index is 13.4. The van der Waals surface area contributed by atoms with E-state index in [4.69, 9.17) is 11.6 Å². The summed E-state index contributed by atoms with van der Waals surface area (Å²) >= 11 is 6.19. The van der Waals surface area contributed by atoms with Crippen LogP contribution < -0.4 is 5.32 Å². The molecule has 1 aromatic carbocycles. The average molecular weight is 430 g/mol. The molecular formula is C24H32ClN3O2. The molecule has 0 unspecified atom stereocenters. The van der Waals surface area contributed by atoms with Gasteiger partial charge in [-0.15, -0.1) is 0 Å². The van der Waals surface area contributed by atoms with E-state index in [1.807, 2.05) is 29.2 Å². The van der Waals surface area contributed by atoms with Crippen molar-refractivity contribution in [1.82, 2.24) is 15.1 Å². The number of carbonyl (C=O) groups excluding carboxylic acids is 2. The normalized spacial score (nSPS) is 29.1. The standard InChI is InChI=1S/C24H32ClN3O2/c1-2-3-11-27-15-19-20(16-27)24(26-21(19)29)9-12-28(13-10-24)22(30)23(7-8-23)17-5-4-6-18(25)14-17/h4-6,14,19-20H,2-3,7-13,15-16H2,1H3,(H,26,29)/t19-,20+/m1/s1. The van der Waals surface area contributed by atoms with Gasteiger partial charge in [0.1, 0.15) is 0 Å². The third kappa shape index (κ3) is 3.25. The molecule has 1 spiro atoms.